The Morgan fingerprint density at radius 1 is 1.47 bits per heavy atom. The maximum atomic E-state index is 12.1. The largest absolute Gasteiger partial charge is 0.382 e. The normalized spacial score (nSPS) is 16.6. The van der Waals surface area contributed by atoms with Gasteiger partial charge in [-0.25, -0.2) is 5.01 Å². The van der Waals surface area contributed by atoms with Crippen LogP contribution in [0.15, 0.2) is 0 Å². The molecule has 0 spiro atoms. The number of hydrogen-bond donors (Lipinski definition) is 3. The highest BCUT2D eigenvalue weighted by Gasteiger charge is 2.22. The van der Waals surface area contributed by atoms with Crippen molar-refractivity contribution in [1.82, 2.24) is 14.7 Å². The van der Waals surface area contributed by atoms with E-state index in [1.54, 1.807) is 0 Å². The van der Waals surface area contributed by atoms with E-state index in [1.165, 1.54) is 11.5 Å². The van der Waals surface area contributed by atoms with Crippen LogP contribution in [0.1, 0.15) is 24.2 Å². The molecule has 1 aliphatic heterocycles. The van der Waals surface area contributed by atoms with Crippen molar-refractivity contribution in [3.63, 3.8) is 0 Å². The lowest BCUT2D eigenvalue weighted by atomic mass is 10.2. The number of nitrogen functional groups attached to an aromatic ring is 1. The number of nitrogens with two attached hydrogens (primary N) is 1. The molecule has 0 radical (unpaired) electrons. The molecule has 0 bridgehead atoms. The highest BCUT2D eigenvalue weighted by atomic mass is 32.1. The van der Waals surface area contributed by atoms with Crippen LogP contribution < -0.4 is 16.5 Å². The lowest BCUT2D eigenvalue weighted by Crippen LogP contribution is -2.40. The summed E-state index contributed by atoms with van der Waals surface area (Å²) in [6.07, 6.45) is 0. The molecule has 0 unspecified atom stereocenters. The van der Waals surface area contributed by atoms with Crippen LogP contribution in [-0.4, -0.2) is 47.6 Å². The van der Waals surface area contributed by atoms with E-state index < -0.39 is 0 Å². The molecule has 1 aromatic rings. The van der Waals surface area contributed by atoms with Crippen LogP contribution in [0.5, 0.6) is 0 Å². The number of carbonyl (C=O) groups is 1. The predicted molar refractivity (Wildman–Crippen MR) is 75.1 cm³/mol. The van der Waals surface area contributed by atoms with Crippen molar-refractivity contribution in [1.29, 1.82) is 0 Å². The molecule has 2 heterocycles. The van der Waals surface area contributed by atoms with E-state index in [1.807, 2.05) is 18.9 Å². The number of nitrogens with zero attached hydrogens (tertiary/aromatic N) is 2. The Morgan fingerprint density at radius 2 is 2.16 bits per heavy atom. The lowest BCUT2D eigenvalue weighted by Gasteiger charge is -2.27. The van der Waals surface area contributed by atoms with Crippen molar-refractivity contribution in [2.75, 3.05) is 37.5 Å². The van der Waals surface area contributed by atoms with Crippen LogP contribution in [0.4, 0.5) is 10.8 Å². The van der Waals surface area contributed by atoms with E-state index in [0.29, 0.717) is 23.8 Å². The Bertz CT molecular complexity index is 442. The smallest absolute Gasteiger partial charge is 0.258 e. The van der Waals surface area contributed by atoms with Crippen LogP contribution in [0.3, 0.4) is 0 Å². The van der Waals surface area contributed by atoms with Gasteiger partial charge in [0.15, 0.2) is 5.82 Å². The zero-order valence-electron chi connectivity index (χ0n) is 11.1. The standard InChI is InChI=1S/C11H19N5O2S/c1-7(2)13-10(17)8-9(12)15-19-11(8)14-16-3-5-18-6-4-16/h7,14H,3-6H2,1-2H3,(H2,12,15)(H,13,17). The second kappa shape index (κ2) is 6.18. The maximum absolute atomic E-state index is 12.1. The summed E-state index contributed by atoms with van der Waals surface area (Å²) in [5.74, 6) is 0.0657. The van der Waals surface area contributed by atoms with Crippen molar-refractivity contribution in [2.45, 2.75) is 19.9 Å². The molecular weight excluding hydrogens is 266 g/mol. The first-order valence-corrected chi connectivity index (χ1v) is 7.00. The van der Waals surface area contributed by atoms with Gasteiger partial charge in [0, 0.05) is 19.1 Å². The number of aromatic nitrogens is 1. The Labute approximate surface area is 116 Å². The molecule has 7 nitrogen and oxygen atoms in total. The van der Waals surface area contributed by atoms with Gasteiger partial charge in [0.2, 0.25) is 0 Å². The molecule has 1 aromatic heterocycles. The number of hydrogen-bond acceptors (Lipinski definition) is 7. The summed E-state index contributed by atoms with van der Waals surface area (Å²) in [5.41, 5.74) is 9.39. The summed E-state index contributed by atoms with van der Waals surface area (Å²) >= 11 is 1.20. The molecule has 0 saturated carbocycles. The number of ether oxygens (including phenoxy) is 1. The molecule has 1 aliphatic rings. The summed E-state index contributed by atoms with van der Waals surface area (Å²) < 4.78 is 9.32. The topological polar surface area (TPSA) is 92.5 Å². The van der Waals surface area contributed by atoms with E-state index in [-0.39, 0.29) is 17.8 Å². The van der Waals surface area contributed by atoms with E-state index in [0.717, 1.165) is 13.1 Å². The van der Waals surface area contributed by atoms with Gasteiger partial charge in [0.05, 0.1) is 13.2 Å². The Kier molecular flexibility index (Phi) is 4.56. The van der Waals surface area contributed by atoms with E-state index in [4.69, 9.17) is 10.5 Å². The van der Waals surface area contributed by atoms with Crippen molar-refractivity contribution in [3.05, 3.63) is 5.56 Å². The second-order valence-electron chi connectivity index (χ2n) is 4.61. The number of morpholine rings is 1. The number of rotatable bonds is 4. The van der Waals surface area contributed by atoms with Gasteiger partial charge in [-0.1, -0.05) is 0 Å². The molecule has 1 fully saturated rings. The summed E-state index contributed by atoms with van der Waals surface area (Å²) in [5, 5.41) is 5.51. The van der Waals surface area contributed by atoms with Crippen LogP contribution in [-0.2, 0) is 4.74 Å². The first kappa shape index (κ1) is 14.0. The predicted octanol–water partition coefficient (Wildman–Crippen LogP) is 0.523. The van der Waals surface area contributed by atoms with Crippen LogP contribution >= 0.6 is 11.5 Å². The molecule has 106 valence electrons. The van der Waals surface area contributed by atoms with Gasteiger partial charge in [-0.3, -0.25) is 4.79 Å². The molecule has 8 heteroatoms. The third-order valence-electron chi connectivity index (χ3n) is 2.64. The van der Waals surface area contributed by atoms with Gasteiger partial charge in [-0.05, 0) is 25.4 Å². The average molecular weight is 285 g/mol. The van der Waals surface area contributed by atoms with Crippen LogP contribution in [0.25, 0.3) is 0 Å². The van der Waals surface area contributed by atoms with Crippen LogP contribution in [0.2, 0.25) is 0 Å². The minimum absolute atomic E-state index is 0.0584. The van der Waals surface area contributed by atoms with Gasteiger partial charge in [0.25, 0.3) is 5.91 Å². The summed E-state index contributed by atoms with van der Waals surface area (Å²) in [4.78, 5) is 12.1. The molecule has 0 atom stereocenters. The minimum atomic E-state index is -0.197. The lowest BCUT2D eigenvalue weighted by molar-refractivity contribution is 0.0498. The molecule has 1 amide bonds. The SMILES string of the molecule is CC(C)NC(=O)c1c(N)nsc1NN1CCOCC1. The molecule has 2 rings (SSSR count). The summed E-state index contributed by atoms with van der Waals surface area (Å²) in [6.45, 7) is 6.70. The van der Waals surface area contributed by atoms with Crippen molar-refractivity contribution < 1.29 is 9.53 Å². The number of hydrazine groups is 1. The number of anilines is 2. The van der Waals surface area contributed by atoms with E-state index in [9.17, 15) is 4.79 Å². The quantitative estimate of drug-likeness (QED) is 0.747. The number of amides is 1. The summed E-state index contributed by atoms with van der Waals surface area (Å²) in [7, 11) is 0. The molecule has 0 aromatic carbocycles. The van der Waals surface area contributed by atoms with Gasteiger partial charge < -0.3 is 21.2 Å². The maximum Gasteiger partial charge on any atom is 0.258 e. The van der Waals surface area contributed by atoms with E-state index in [2.05, 4.69) is 15.1 Å². The Balaban J connectivity index is 2.10. The third kappa shape index (κ3) is 3.55. The second-order valence-corrected chi connectivity index (χ2v) is 5.38. The van der Waals surface area contributed by atoms with Crippen molar-refractivity contribution in [3.8, 4) is 0 Å². The van der Waals surface area contributed by atoms with Gasteiger partial charge in [-0.2, -0.15) is 4.37 Å². The van der Waals surface area contributed by atoms with Gasteiger partial charge in [0.1, 0.15) is 10.6 Å². The monoisotopic (exact) mass is 285 g/mol. The molecule has 19 heavy (non-hydrogen) atoms. The highest BCUT2D eigenvalue weighted by molar-refractivity contribution is 7.11. The first-order valence-electron chi connectivity index (χ1n) is 6.23. The number of carbonyl (C=O) groups excluding carboxylic acids is 1. The Morgan fingerprint density at radius 3 is 2.79 bits per heavy atom. The van der Waals surface area contributed by atoms with Crippen molar-refractivity contribution in [2.24, 2.45) is 0 Å². The molecule has 1 saturated heterocycles. The zero-order chi connectivity index (χ0) is 13.8. The molecular formula is C11H19N5O2S. The fourth-order valence-corrected chi connectivity index (χ4v) is 2.49. The fourth-order valence-electron chi connectivity index (χ4n) is 1.75. The minimum Gasteiger partial charge on any atom is -0.382 e. The van der Waals surface area contributed by atoms with Crippen LogP contribution in [0, 0.1) is 0 Å². The Hall–Kier alpha value is -1.38. The van der Waals surface area contributed by atoms with Gasteiger partial charge >= 0.3 is 0 Å². The molecule has 4 N–H and O–H groups in total. The van der Waals surface area contributed by atoms with E-state index >= 15 is 0 Å². The third-order valence-corrected chi connectivity index (χ3v) is 3.40. The zero-order valence-corrected chi connectivity index (χ0v) is 11.9. The average Bonchev–Trinajstić information content (AvgIpc) is 2.71. The first-order chi connectivity index (χ1) is 9.08. The van der Waals surface area contributed by atoms with Gasteiger partial charge in [-0.15, -0.1) is 0 Å². The summed E-state index contributed by atoms with van der Waals surface area (Å²) in [6, 6.07) is 0.0584. The number of nitrogens with one attached hydrogen (secondary N) is 2. The highest BCUT2D eigenvalue weighted by Crippen LogP contribution is 2.27. The van der Waals surface area contributed by atoms with Crippen molar-refractivity contribution >= 4 is 28.3 Å². The fraction of sp³-hybridized carbons (Fsp3) is 0.636. The molecule has 0 aliphatic carbocycles.